The third-order valence-electron chi connectivity index (χ3n) is 2.60. The molecule has 78 valence electrons. The van der Waals surface area contributed by atoms with Crippen molar-refractivity contribution in [2.45, 2.75) is 26.3 Å². The van der Waals surface area contributed by atoms with Gasteiger partial charge in [-0.2, -0.15) is 0 Å². The second-order valence-electron chi connectivity index (χ2n) is 3.62. The molecule has 0 aromatic heterocycles. The van der Waals surface area contributed by atoms with Crippen LogP contribution in [0.5, 0.6) is 5.75 Å². The largest absolute Gasteiger partial charge is 0.508 e. The zero-order chi connectivity index (χ0) is 10.7. The van der Waals surface area contributed by atoms with Crippen LogP contribution in [0.4, 0.5) is 4.39 Å². The number of hydrogen-bond acceptors (Lipinski definition) is 2. The molecule has 1 rings (SSSR count). The van der Waals surface area contributed by atoms with Gasteiger partial charge < -0.3 is 10.8 Å². The fourth-order valence-electron chi connectivity index (χ4n) is 1.35. The van der Waals surface area contributed by atoms with E-state index >= 15 is 0 Å². The first-order chi connectivity index (χ1) is 6.56. The van der Waals surface area contributed by atoms with Crippen LogP contribution in [0, 0.1) is 11.7 Å². The Hall–Kier alpha value is -1.09. The summed E-state index contributed by atoms with van der Waals surface area (Å²) < 4.78 is 13.4. The summed E-state index contributed by atoms with van der Waals surface area (Å²) in [5.41, 5.74) is 6.35. The molecule has 0 saturated heterocycles. The molecule has 2 nitrogen and oxygen atoms in total. The quantitative estimate of drug-likeness (QED) is 0.782. The maximum absolute atomic E-state index is 13.4. The highest BCUT2D eigenvalue weighted by Crippen LogP contribution is 2.26. The molecular weight excluding hydrogens is 181 g/mol. The van der Waals surface area contributed by atoms with Crippen LogP contribution in [0.1, 0.15) is 31.9 Å². The lowest BCUT2D eigenvalue weighted by Gasteiger charge is -2.19. The Labute approximate surface area is 83.6 Å². The van der Waals surface area contributed by atoms with Gasteiger partial charge in [0, 0.05) is 17.7 Å². The summed E-state index contributed by atoms with van der Waals surface area (Å²) in [4.78, 5) is 0. The Balaban J connectivity index is 2.95. The Morgan fingerprint density at radius 3 is 2.64 bits per heavy atom. The minimum Gasteiger partial charge on any atom is -0.508 e. The monoisotopic (exact) mass is 197 g/mol. The van der Waals surface area contributed by atoms with E-state index in [-0.39, 0.29) is 17.7 Å². The predicted octanol–water partition coefficient (Wildman–Crippen LogP) is 2.58. The van der Waals surface area contributed by atoms with E-state index in [0.717, 1.165) is 12.5 Å². The maximum Gasteiger partial charge on any atom is 0.131 e. The van der Waals surface area contributed by atoms with Gasteiger partial charge >= 0.3 is 0 Å². The second-order valence-corrected chi connectivity index (χ2v) is 3.62. The average Bonchev–Trinajstić information content (AvgIpc) is 2.15. The molecule has 2 unspecified atom stereocenters. The molecule has 0 aliphatic carbocycles. The highest BCUT2D eigenvalue weighted by molar-refractivity contribution is 5.29. The number of benzene rings is 1. The smallest absolute Gasteiger partial charge is 0.131 e. The van der Waals surface area contributed by atoms with Crippen molar-refractivity contribution in [3.8, 4) is 5.75 Å². The van der Waals surface area contributed by atoms with Crippen molar-refractivity contribution in [2.24, 2.45) is 11.7 Å². The van der Waals surface area contributed by atoms with Crippen molar-refractivity contribution < 1.29 is 9.50 Å². The molecule has 0 bridgehead atoms. The van der Waals surface area contributed by atoms with E-state index in [9.17, 15) is 4.39 Å². The molecule has 0 amide bonds. The summed E-state index contributed by atoms with van der Waals surface area (Å²) in [5.74, 6) is -0.269. The van der Waals surface area contributed by atoms with Gasteiger partial charge in [0.15, 0.2) is 0 Å². The lowest BCUT2D eigenvalue weighted by atomic mass is 9.93. The first-order valence-electron chi connectivity index (χ1n) is 4.80. The molecule has 0 fully saturated rings. The molecular formula is C11H16FNO. The highest BCUT2D eigenvalue weighted by atomic mass is 19.1. The van der Waals surface area contributed by atoms with Crippen molar-refractivity contribution in [2.75, 3.05) is 0 Å². The fourth-order valence-corrected chi connectivity index (χ4v) is 1.35. The zero-order valence-corrected chi connectivity index (χ0v) is 8.50. The van der Waals surface area contributed by atoms with Crippen molar-refractivity contribution >= 4 is 0 Å². The van der Waals surface area contributed by atoms with Crippen molar-refractivity contribution in [3.05, 3.63) is 29.6 Å². The molecule has 1 aromatic rings. The Morgan fingerprint density at radius 1 is 1.50 bits per heavy atom. The van der Waals surface area contributed by atoms with Crippen LogP contribution in [0.15, 0.2) is 18.2 Å². The average molecular weight is 197 g/mol. The minimum absolute atomic E-state index is 0.0670. The van der Waals surface area contributed by atoms with Crippen LogP contribution >= 0.6 is 0 Å². The van der Waals surface area contributed by atoms with Crippen LogP contribution in [-0.2, 0) is 0 Å². The van der Waals surface area contributed by atoms with Crippen LogP contribution in [0.25, 0.3) is 0 Å². The normalized spacial score (nSPS) is 15.1. The molecule has 0 aliphatic rings. The lowest BCUT2D eigenvalue weighted by molar-refractivity contribution is 0.432. The van der Waals surface area contributed by atoms with E-state index in [0.29, 0.717) is 5.56 Å². The summed E-state index contributed by atoms with van der Waals surface area (Å²) in [6.45, 7) is 4.00. The third kappa shape index (κ3) is 2.23. The Kier molecular flexibility index (Phi) is 3.47. The number of rotatable bonds is 3. The number of phenolic OH excluding ortho intramolecular Hbond substituents is 1. The standard InChI is InChI=1S/C11H16FNO/c1-3-7(2)11(13)9-5-4-8(14)6-10(9)12/h4-7,11,14H,3,13H2,1-2H3. The molecule has 14 heavy (non-hydrogen) atoms. The van der Waals surface area contributed by atoms with Gasteiger partial charge in [0.2, 0.25) is 0 Å². The van der Waals surface area contributed by atoms with E-state index in [1.807, 2.05) is 13.8 Å². The Bertz CT molecular complexity index is 314. The van der Waals surface area contributed by atoms with Crippen LogP contribution < -0.4 is 5.73 Å². The van der Waals surface area contributed by atoms with Crippen LogP contribution in [0.2, 0.25) is 0 Å². The van der Waals surface area contributed by atoms with Crippen molar-refractivity contribution in [3.63, 3.8) is 0 Å². The molecule has 0 aliphatic heterocycles. The van der Waals surface area contributed by atoms with Gasteiger partial charge in [0.1, 0.15) is 11.6 Å². The molecule has 0 heterocycles. The molecule has 1 aromatic carbocycles. The summed E-state index contributed by atoms with van der Waals surface area (Å²) in [6.07, 6.45) is 0.904. The van der Waals surface area contributed by atoms with E-state index in [1.54, 1.807) is 6.07 Å². The van der Waals surface area contributed by atoms with E-state index in [1.165, 1.54) is 6.07 Å². The summed E-state index contributed by atoms with van der Waals surface area (Å²) in [6, 6.07) is 3.79. The third-order valence-corrected chi connectivity index (χ3v) is 2.60. The number of nitrogens with two attached hydrogens (primary N) is 1. The molecule has 0 saturated carbocycles. The summed E-state index contributed by atoms with van der Waals surface area (Å²) in [5, 5.41) is 9.03. The van der Waals surface area contributed by atoms with Gasteiger partial charge in [0.25, 0.3) is 0 Å². The minimum atomic E-state index is -0.433. The van der Waals surface area contributed by atoms with Gasteiger partial charge in [-0.3, -0.25) is 0 Å². The second kappa shape index (κ2) is 4.42. The van der Waals surface area contributed by atoms with Crippen LogP contribution in [0.3, 0.4) is 0 Å². The molecule has 2 atom stereocenters. The first kappa shape index (κ1) is 11.0. The fraction of sp³-hybridized carbons (Fsp3) is 0.455. The molecule has 0 spiro atoms. The van der Waals surface area contributed by atoms with Gasteiger partial charge in [-0.15, -0.1) is 0 Å². The summed E-state index contributed by atoms with van der Waals surface area (Å²) in [7, 11) is 0. The Morgan fingerprint density at radius 2 is 2.14 bits per heavy atom. The zero-order valence-electron chi connectivity index (χ0n) is 8.50. The molecule has 3 N–H and O–H groups in total. The van der Waals surface area contributed by atoms with E-state index < -0.39 is 5.82 Å². The molecule has 3 heteroatoms. The number of hydrogen-bond donors (Lipinski definition) is 2. The predicted molar refractivity (Wildman–Crippen MR) is 54.4 cm³/mol. The van der Waals surface area contributed by atoms with E-state index in [2.05, 4.69) is 0 Å². The van der Waals surface area contributed by atoms with Gasteiger partial charge in [0.05, 0.1) is 0 Å². The first-order valence-corrected chi connectivity index (χ1v) is 4.80. The van der Waals surface area contributed by atoms with Gasteiger partial charge in [-0.05, 0) is 12.0 Å². The van der Waals surface area contributed by atoms with Crippen LogP contribution in [-0.4, -0.2) is 5.11 Å². The highest BCUT2D eigenvalue weighted by Gasteiger charge is 2.16. The lowest BCUT2D eigenvalue weighted by Crippen LogP contribution is -2.19. The SMILES string of the molecule is CCC(C)C(N)c1ccc(O)cc1F. The topological polar surface area (TPSA) is 46.2 Å². The number of halogens is 1. The van der Waals surface area contributed by atoms with E-state index in [4.69, 9.17) is 10.8 Å². The number of phenols is 1. The van der Waals surface area contributed by atoms with Crippen molar-refractivity contribution in [1.29, 1.82) is 0 Å². The van der Waals surface area contributed by atoms with Gasteiger partial charge in [-0.25, -0.2) is 4.39 Å². The number of aromatic hydroxyl groups is 1. The molecule has 0 radical (unpaired) electrons. The summed E-state index contributed by atoms with van der Waals surface area (Å²) >= 11 is 0. The van der Waals surface area contributed by atoms with Crippen molar-refractivity contribution in [1.82, 2.24) is 0 Å². The maximum atomic E-state index is 13.4. The van der Waals surface area contributed by atoms with Gasteiger partial charge in [-0.1, -0.05) is 26.3 Å².